The maximum Gasteiger partial charge on any atom is 0.265 e. The molecule has 0 radical (unpaired) electrons. The molecule has 184 valence electrons. The molecule has 0 aliphatic carbocycles. The van der Waals surface area contributed by atoms with Crippen LogP contribution in [0.1, 0.15) is 23.7 Å². The molecule has 0 bridgehead atoms. The minimum atomic E-state index is -0.363. The van der Waals surface area contributed by atoms with Crippen molar-refractivity contribution in [1.82, 2.24) is 19.7 Å². The van der Waals surface area contributed by atoms with Gasteiger partial charge in [0, 0.05) is 17.5 Å². The van der Waals surface area contributed by atoms with E-state index in [1.807, 2.05) is 80.1 Å². The van der Waals surface area contributed by atoms with Gasteiger partial charge in [0.2, 0.25) is 5.91 Å². The van der Waals surface area contributed by atoms with Crippen LogP contribution in [0.4, 0.5) is 10.8 Å². The van der Waals surface area contributed by atoms with Crippen molar-refractivity contribution in [2.24, 2.45) is 7.05 Å². The van der Waals surface area contributed by atoms with Gasteiger partial charge in [-0.15, -0.1) is 21.5 Å². The van der Waals surface area contributed by atoms with Crippen LogP contribution in [0.3, 0.4) is 0 Å². The summed E-state index contributed by atoms with van der Waals surface area (Å²) in [6, 6.07) is 16.9. The fraction of sp³-hybridized carbons (Fsp3) is 0.240. The number of thioether (sulfide) groups is 1. The first-order valence-corrected chi connectivity index (χ1v) is 13.1. The van der Waals surface area contributed by atoms with Crippen molar-refractivity contribution in [2.45, 2.75) is 25.0 Å². The number of hydrogen-bond donors (Lipinski definition) is 1. The monoisotopic (exact) mass is 520 g/mol. The van der Waals surface area contributed by atoms with Crippen LogP contribution in [0.2, 0.25) is 0 Å². The number of ether oxygens (including phenoxy) is 1. The van der Waals surface area contributed by atoms with E-state index in [4.69, 9.17) is 4.74 Å². The Bertz CT molecular complexity index is 1420. The van der Waals surface area contributed by atoms with Crippen LogP contribution in [0.25, 0.3) is 11.3 Å². The average molecular weight is 521 g/mol. The molecule has 1 N–H and O–H groups in total. The summed E-state index contributed by atoms with van der Waals surface area (Å²) < 4.78 is 7.36. The molecule has 1 aliphatic heterocycles. The first-order valence-electron chi connectivity index (χ1n) is 11.3. The molecule has 0 spiro atoms. The zero-order chi connectivity index (χ0) is 25.2. The Morgan fingerprint density at radius 2 is 1.92 bits per heavy atom. The molecule has 2 aromatic carbocycles. The van der Waals surface area contributed by atoms with E-state index < -0.39 is 0 Å². The fourth-order valence-corrected chi connectivity index (χ4v) is 5.65. The second-order valence-electron chi connectivity index (χ2n) is 8.22. The Morgan fingerprint density at radius 1 is 1.17 bits per heavy atom. The van der Waals surface area contributed by atoms with Crippen LogP contribution in [0.15, 0.2) is 59.8 Å². The van der Waals surface area contributed by atoms with Gasteiger partial charge >= 0.3 is 0 Å². The third-order valence-electron chi connectivity index (χ3n) is 5.80. The molecular weight excluding hydrogens is 496 g/mol. The highest BCUT2D eigenvalue weighted by Gasteiger charge is 2.32. The minimum absolute atomic E-state index is 0.0246. The van der Waals surface area contributed by atoms with E-state index in [0.29, 0.717) is 27.5 Å². The molecule has 1 aliphatic rings. The number of benzene rings is 2. The molecule has 0 saturated heterocycles. The van der Waals surface area contributed by atoms with Crippen LogP contribution >= 0.6 is 23.1 Å². The number of rotatable bonds is 7. The van der Waals surface area contributed by atoms with Crippen molar-refractivity contribution in [3.63, 3.8) is 0 Å². The number of aromatic nitrogens is 4. The molecule has 4 aromatic rings. The molecular formula is C25H24N6O3S2. The van der Waals surface area contributed by atoms with E-state index >= 15 is 0 Å². The van der Waals surface area contributed by atoms with Crippen LogP contribution in [-0.4, -0.2) is 43.9 Å². The number of carbonyl (C=O) groups excluding carboxylic acids is 2. The number of hydrogen-bond acceptors (Lipinski definition) is 8. The lowest BCUT2D eigenvalue weighted by Gasteiger charge is -2.33. The van der Waals surface area contributed by atoms with E-state index in [9.17, 15) is 9.59 Å². The average Bonchev–Trinajstić information content (AvgIpc) is 3.44. The standard InChI is InChI=1S/C25H24N6O3S2/c1-15(31-18-11-7-8-12-19(18)34-13-21(31)33)23-28-29-25(30(23)3)35-14-20(32)26-24-27-22(16(2)36-24)17-9-5-4-6-10-17/h4-12,15H,13-14H2,1-3H3,(H,26,27,32)/t15-/m0/s1. The fourth-order valence-electron chi connectivity index (χ4n) is 4.08. The maximum atomic E-state index is 12.7. The van der Waals surface area contributed by atoms with E-state index in [-0.39, 0.29) is 30.2 Å². The van der Waals surface area contributed by atoms with Crippen molar-refractivity contribution in [2.75, 3.05) is 22.6 Å². The van der Waals surface area contributed by atoms with E-state index in [2.05, 4.69) is 20.5 Å². The van der Waals surface area contributed by atoms with Crippen LogP contribution in [0, 0.1) is 6.92 Å². The van der Waals surface area contributed by atoms with Crippen molar-refractivity contribution >= 4 is 45.7 Å². The number of aryl methyl sites for hydroxylation is 1. The number of para-hydroxylation sites is 2. The largest absolute Gasteiger partial charge is 0.482 e. The number of carbonyl (C=O) groups is 2. The van der Waals surface area contributed by atoms with E-state index in [0.717, 1.165) is 16.1 Å². The number of nitrogens with one attached hydrogen (secondary N) is 1. The first kappa shape index (κ1) is 24.0. The third-order valence-corrected chi connectivity index (χ3v) is 7.70. The minimum Gasteiger partial charge on any atom is -0.482 e. The Labute approximate surface area is 216 Å². The van der Waals surface area contributed by atoms with Gasteiger partial charge in [-0.25, -0.2) is 4.98 Å². The summed E-state index contributed by atoms with van der Waals surface area (Å²) in [4.78, 5) is 32.6. The molecule has 2 amide bonds. The lowest BCUT2D eigenvalue weighted by Crippen LogP contribution is -2.41. The van der Waals surface area contributed by atoms with Gasteiger partial charge < -0.3 is 14.6 Å². The van der Waals surface area contributed by atoms with Crippen molar-refractivity contribution in [3.8, 4) is 17.0 Å². The van der Waals surface area contributed by atoms with Gasteiger partial charge in [-0.2, -0.15) is 0 Å². The molecule has 36 heavy (non-hydrogen) atoms. The zero-order valence-electron chi connectivity index (χ0n) is 20.0. The molecule has 2 aromatic heterocycles. The summed E-state index contributed by atoms with van der Waals surface area (Å²) in [6.07, 6.45) is 0. The summed E-state index contributed by atoms with van der Waals surface area (Å²) in [5, 5.41) is 12.6. The van der Waals surface area contributed by atoms with Gasteiger partial charge in [0.15, 0.2) is 22.7 Å². The summed E-state index contributed by atoms with van der Waals surface area (Å²) in [5.41, 5.74) is 2.59. The predicted octanol–water partition coefficient (Wildman–Crippen LogP) is 4.46. The SMILES string of the molecule is Cc1sc(NC(=O)CSc2nnc([C@H](C)N3C(=O)COc4ccccc43)n2C)nc1-c1ccccc1. The molecule has 11 heteroatoms. The highest BCUT2D eigenvalue weighted by Crippen LogP contribution is 2.37. The number of nitrogens with zero attached hydrogens (tertiary/aromatic N) is 5. The Balaban J connectivity index is 1.25. The topological polar surface area (TPSA) is 102 Å². The maximum absolute atomic E-state index is 12.7. The highest BCUT2D eigenvalue weighted by atomic mass is 32.2. The third kappa shape index (κ3) is 4.71. The molecule has 3 heterocycles. The number of thiazole rings is 1. The summed E-state index contributed by atoms with van der Waals surface area (Å²) in [5.74, 6) is 1.10. The Hall–Kier alpha value is -3.70. The van der Waals surface area contributed by atoms with Crippen molar-refractivity contribution in [1.29, 1.82) is 0 Å². The van der Waals surface area contributed by atoms with Gasteiger partial charge in [-0.05, 0) is 26.0 Å². The van der Waals surface area contributed by atoms with E-state index in [1.54, 1.807) is 4.90 Å². The second-order valence-corrected chi connectivity index (χ2v) is 10.4. The molecule has 0 fully saturated rings. The smallest absolute Gasteiger partial charge is 0.265 e. The first-order chi connectivity index (χ1) is 17.4. The van der Waals surface area contributed by atoms with Crippen molar-refractivity contribution in [3.05, 3.63) is 65.3 Å². The van der Waals surface area contributed by atoms with E-state index in [1.165, 1.54) is 23.1 Å². The molecule has 0 saturated carbocycles. The van der Waals surface area contributed by atoms with Gasteiger partial charge in [0.1, 0.15) is 5.75 Å². The second kappa shape index (κ2) is 10.1. The number of amides is 2. The predicted molar refractivity (Wildman–Crippen MR) is 140 cm³/mol. The number of fused-ring (bicyclic) bond motifs is 1. The lowest BCUT2D eigenvalue weighted by atomic mass is 10.1. The zero-order valence-corrected chi connectivity index (χ0v) is 21.6. The van der Waals surface area contributed by atoms with Crippen LogP contribution in [0.5, 0.6) is 5.75 Å². The van der Waals surface area contributed by atoms with Crippen LogP contribution < -0.4 is 15.0 Å². The highest BCUT2D eigenvalue weighted by molar-refractivity contribution is 7.99. The van der Waals surface area contributed by atoms with Gasteiger partial charge in [0.25, 0.3) is 5.91 Å². The molecule has 1 atom stereocenters. The molecule has 5 rings (SSSR count). The normalized spacial score (nSPS) is 13.8. The van der Waals surface area contributed by atoms with Crippen LogP contribution in [-0.2, 0) is 16.6 Å². The van der Waals surface area contributed by atoms with Crippen molar-refractivity contribution < 1.29 is 14.3 Å². The Kier molecular flexibility index (Phi) is 6.75. The number of anilines is 2. The lowest BCUT2D eigenvalue weighted by molar-refractivity contribution is -0.121. The summed E-state index contributed by atoms with van der Waals surface area (Å²) in [7, 11) is 1.83. The molecule has 9 nitrogen and oxygen atoms in total. The summed E-state index contributed by atoms with van der Waals surface area (Å²) in [6.45, 7) is 3.87. The summed E-state index contributed by atoms with van der Waals surface area (Å²) >= 11 is 2.73. The Morgan fingerprint density at radius 3 is 2.72 bits per heavy atom. The van der Waals surface area contributed by atoms with Gasteiger partial charge in [0.05, 0.1) is 23.2 Å². The quantitative estimate of drug-likeness (QED) is 0.359. The van der Waals surface area contributed by atoms with Gasteiger partial charge in [-0.3, -0.25) is 14.5 Å². The molecule has 0 unspecified atom stereocenters. The van der Waals surface area contributed by atoms with Gasteiger partial charge in [-0.1, -0.05) is 54.2 Å².